The fourth-order valence-electron chi connectivity index (χ4n) is 3.05. The van der Waals surface area contributed by atoms with E-state index in [1.807, 2.05) is 4.90 Å². The van der Waals surface area contributed by atoms with Crippen LogP contribution in [0.15, 0.2) is 27.5 Å². The number of aryl methyl sites for hydroxylation is 1. The monoisotopic (exact) mass is 318 g/mol. The van der Waals surface area contributed by atoms with Crippen LogP contribution in [0.25, 0.3) is 0 Å². The molecule has 1 aliphatic heterocycles. The molecule has 2 aromatic heterocycles. The standard InChI is InChI=1S/C16H22N4O3/c1-12-17-15(18-23-12)10-19(2)14-4-3-7-20(8-5-14)16(21)13-6-9-22-11-13/h6,9,11,14H,3-5,7-8,10H2,1-2H3/t14-/m0/s1. The lowest BCUT2D eigenvalue weighted by Gasteiger charge is -2.26. The Hall–Kier alpha value is -2.15. The lowest BCUT2D eigenvalue weighted by molar-refractivity contribution is 0.0756. The molecule has 1 atom stereocenters. The van der Waals surface area contributed by atoms with Crippen LogP contribution in [0.1, 0.15) is 41.3 Å². The Morgan fingerprint density at radius 3 is 3.00 bits per heavy atom. The van der Waals surface area contributed by atoms with E-state index in [9.17, 15) is 4.79 Å². The Morgan fingerprint density at radius 2 is 2.30 bits per heavy atom. The molecular weight excluding hydrogens is 296 g/mol. The van der Waals surface area contributed by atoms with Crippen molar-refractivity contribution in [3.8, 4) is 0 Å². The van der Waals surface area contributed by atoms with Crippen LogP contribution >= 0.6 is 0 Å². The molecule has 0 unspecified atom stereocenters. The normalized spacial score (nSPS) is 19.1. The van der Waals surface area contributed by atoms with E-state index in [-0.39, 0.29) is 5.91 Å². The summed E-state index contributed by atoms with van der Waals surface area (Å²) in [6, 6.07) is 2.13. The number of nitrogens with zero attached hydrogens (tertiary/aromatic N) is 4. The van der Waals surface area contributed by atoms with Crippen LogP contribution in [0, 0.1) is 6.92 Å². The maximum Gasteiger partial charge on any atom is 0.257 e. The first-order valence-corrected chi connectivity index (χ1v) is 7.94. The molecule has 1 fully saturated rings. The highest BCUT2D eigenvalue weighted by Crippen LogP contribution is 2.19. The Labute approximate surface area is 135 Å². The third-order valence-corrected chi connectivity index (χ3v) is 4.34. The summed E-state index contributed by atoms with van der Waals surface area (Å²) in [4.78, 5) is 20.8. The minimum atomic E-state index is 0.0517. The number of aromatic nitrogens is 2. The molecule has 7 nitrogen and oxygen atoms in total. The molecular formula is C16H22N4O3. The second-order valence-electron chi connectivity index (χ2n) is 6.03. The van der Waals surface area contributed by atoms with Crippen molar-refractivity contribution in [2.24, 2.45) is 0 Å². The largest absolute Gasteiger partial charge is 0.472 e. The van der Waals surface area contributed by atoms with Gasteiger partial charge in [-0.05, 0) is 32.4 Å². The molecule has 0 aromatic carbocycles. The summed E-state index contributed by atoms with van der Waals surface area (Å²) in [6.45, 7) is 4.00. The number of hydrogen-bond acceptors (Lipinski definition) is 6. The van der Waals surface area contributed by atoms with Gasteiger partial charge in [-0.2, -0.15) is 4.98 Å². The van der Waals surface area contributed by atoms with Crippen LogP contribution in [0.5, 0.6) is 0 Å². The molecule has 0 N–H and O–H groups in total. The summed E-state index contributed by atoms with van der Waals surface area (Å²) in [7, 11) is 2.07. The Morgan fingerprint density at radius 1 is 1.43 bits per heavy atom. The van der Waals surface area contributed by atoms with Gasteiger partial charge in [-0.15, -0.1) is 0 Å². The molecule has 0 bridgehead atoms. The maximum absolute atomic E-state index is 12.4. The zero-order valence-electron chi connectivity index (χ0n) is 13.6. The molecule has 0 saturated carbocycles. The quantitative estimate of drug-likeness (QED) is 0.859. The van der Waals surface area contributed by atoms with Gasteiger partial charge in [0.2, 0.25) is 5.89 Å². The van der Waals surface area contributed by atoms with Crippen molar-refractivity contribution in [1.82, 2.24) is 19.9 Å². The molecule has 2 aromatic rings. The third kappa shape index (κ3) is 3.79. The zero-order valence-corrected chi connectivity index (χ0v) is 13.6. The van der Waals surface area contributed by atoms with Gasteiger partial charge in [-0.1, -0.05) is 5.16 Å². The van der Waals surface area contributed by atoms with Crippen LogP contribution in [0.4, 0.5) is 0 Å². The summed E-state index contributed by atoms with van der Waals surface area (Å²) >= 11 is 0. The minimum Gasteiger partial charge on any atom is -0.472 e. The first kappa shape index (κ1) is 15.7. The molecule has 23 heavy (non-hydrogen) atoms. The fraction of sp³-hybridized carbons (Fsp3) is 0.562. The van der Waals surface area contributed by atoms with Gasteiger partial charge in [0.05, 0.1) is 18.4 Å². The smallest absolute Gasteiger partial charge is 0.257 e. The van der Waals surface area contributed by atoms with Crippen LogP contribution < -0.4 is 0 Å². The molecule has 1 saturated heterocycles. The maximum atomic E-state index is 12.4. The highest BCUT2D eigenvalue weighted by Gasteiger charge is 2.24. The predicted molar refractivity (Wildman–Crippen MR) is 82.8 cm³/mol. The van der Waals surface area contributed by atoms with E-state index in [2.05, 4.69) is 22.1 Å². The van der Waals surface area contributed by atoms with Crippen molar-refractivity contribution in [3.05, 3.63) is 35.9 Å². The Bertz CT molecular complexity index is 638. The molecule has 0 spiro atoms. The minimum absolute atomic E-state index is 0.0517. The summed E-state index contributed by atoms with van der Waals surface area (Å²) in [5, 5.41) is 3.95. The second-order valence-corrected chi connectivity index (χ2v) is 6.03. The lowest BCUT2D eigenvalue weighted by atomic mass is 10.1. The molecule has 0 radical (unpaired) electrons. The van der Waals surface area contributed by atoms with Crippen molar-refractivity contribution in [3.63, 3.8) is 0 Å². The first-order chi connectivity index (χ1) is 11.1. The highest BCUT2D eigenvalue weighted by atomic mass is 16.5. The van der Waals surface area contributed by atoms with Crippen molar-refractivity contribution in [1.29, 1.82) is 0 Å². The average Bonchev–Trinajstić information content (AvgIpc) is 3.13. The molecule has 1 aliphatic rings. The molecule has 0 aliphatic carbocycles. The average molecular weight is 318 g/mol. The zero-order chi connectivity index (χ0) is 16.2. The Balaban J connectivity index is 1.56. The molecule has 7 heteroatoms. The number of carbonyl (C=O) groups is 1. The van der Waals surface area contributed by atoms with Crippen LogP contribution in [0.3, 0.4) is 0 Å². The second kappa shape index (κ2) is 6.95. The summed E-state index contributed by atoms with van der Waals surface area (Å²) in [5.74, 6) is 1.35. The number of rotatable bonds is 4. The highest BCUT2D eigenvalue weighted by molar-refractivity contribution is 5.93. The van der Waals surface area contributed by atoms with Gasteiger partial charge in [0.25, 0.3) is 5.91 Å². The summed E-state index contributed by atoms with van der Waals surface area (Å²) in [5.41, 5.74) is 0.624. The number of amides is 1. The summed E-state index contributed by atoms with van der Waals surface area (Å²) < 4.78 is 10.0. The van der Waals surface area contributed by atoms with Crippen LogP contribution in [-0.4, -0.2) is 52.0 Å². The summed E-state index contributed by atoms with van der Waals surface area (Å²) in [6.07, 6.45) is 6.03. The SMILES string of the molecule is Cc1nc(CN(C)[C@H]2CCCN(C(=O)c3ccoc3)CC2)no1. The predicted octanol–water partition coefficient (Wildman–Crippen LogP) is 2.10. The van der Waals surface area contributed by atoms with E-state index >= 15 is 0 Å². The van der Waals surface area contributed by atoms with Gasteiger partial charge >= 0.3 is 0 Å². The topological polar surface area (TPSA) is 75.6 Å². The van der Waals surface area contributed by atoms with Crippen molar-refractivity contribution in [2.75, 3.05) is 20.1 Å². The van der Waals surface area contributed by atoms with Gasteiger partial charge in [0.1, 0.15) is 6.26 Å². The molecule has 1 amide bonds. The molecule has 3 heterocycles. The van der Waals surface area contributed by atoms with Gasteiger partial charge in [-0.3, -0.25) is 9.69 Å². The molecule has 3 rings (SSSR count). The number of likely N-dealkylation sites (tertiary alicyclic amines) is 1. The Kier molecular flexibility index (Phi) is 4.76. The molecule has 124 valence electrons. The van der Waals surface area contributed by atoms with Crippen molar-refractivity contribution in [2.45, 2.75) is 38.8 Å². The van der Waals surface area contributed by atoms with E-state index in [1.54, 1.807) is 13.0 Å². The van der Waals surface area contributed by atoms with E-state index in [0.717, 1.165) is 32.4 Å². The van der Waals surface area contributed by atoms with E-state index in [0.29, 0.717) is 29.9 Å². The lowest BCUT2D eigenvalue weighted by Crippen LogP contribution is -2.35. The van der Waals surface area contributed by atoms with Gasteiger partial charge in [0.15, 0.2) is 5.82 Å². The fourth-order valence-corrected chi connectivity index (χ4v) is 3.05. The number of hydrogen-bond donors (Lipinski definition) is 0. The van der Waals surface area contributed by atoms with Crippen LogP contribution in [0.2, 0.25) is 0 Å². The van der Waals surface area contributed by atoms with Gasteiger partial charge < -0.3 is 13.8 Å². The van der Waals surface area contributed by atoms with Gasteiger partial charge in [0, 0.05) is 26.1 Å². The number of carbonyl (C=O) groups excluding carboxylic acids is 1. The van der Waals surface area contributed by atoms with E-state index < -0.39 is 0 Å². The van der Waals surface area contributed by atoms with E-state index in [1.165, 1.54) is 12.5 Å². The van der Waals surface area contributed by atoms with Gasteiger partial charge in [-0.25, -0.2) is 0 Å². The first-order valence-electron chi connectivity index (χ1n) is 7.94. The number of furan rings is 1. The van der Waals surface area contributed by atoms with Crippen molar-refractivity contribution < 1.29 is 13.7 Å². The van der Waals surface area contributed by atoms with E-state index in [4.69, 9.17) is 8.94 Å². The van der Waals surface area contributed by atoms with Crippen molar-refractivity contribution >= 4 is 5.91 Å². The third-order valence-electron chi connectivity index (χ3n) is 4.34. The van der Waals surface area contributed by atoms with Crippen LogP contribution in [-0.2, 0) is 6.54 Å².